The van der Waals surface area contributed by atoms with Crippen LogP contribution in [0.15, 0.2) is 59.5 Å². The van der Waals surface area contributed by atoms with Gasteiger partial charge in [-0.25, -0.2) is 0 Å². The standard InChI is InChI=1S/C21H16N2O5S.Na/c1-11-6-2-5-9-14(11)23-15-10-16(29(26,27)28)19(22)18-17(15)20(24)12-7-3-4-8-13(12)21(18)25;/h2-10,23H,22H2,1H3,(H,26,27,28);. The SMILES string of the molecule is Cc1ccccc1Nc1cc(S(=O)(=O)O)c(N)c2c1C(=O)c1ccccc1C2=O.[Na]. The van der Waals surface area contributed by atoms with Crippen molar-refractivity contribution in [2.75, 3.05) is 11.1 Å². The summed E-state index contributed by atoms with van der Waals surface area (Å²) in [5.74, 6) is -1.04. The molecule has 0 heterocycles. The molecule has 0 aliphatic heterocycles. The minimum atomic E-state index is -4.74. The van der Waals surface area contributed by atoms with E-state index in [1.54, 1.807) is 24.3 Å². The summed E-state index contributed by atoms with van der Waals surface area (Å²) in [6.07, 6.45) is 0. The number of hydrogen-bond acceptors (Lipinski definition) is 6. The van der Waals surface area contributed by atoms with Crippen LogP contribution >= 0.6 is 0 Å². The first-order valence-corrected chi connectivity index (χ1v) is 10.1. The van der Waals surface area contributed by atoms with E-state index in [1.165, 1.54) is 12.1 Å². The van der Waals surface area contributed by atoms with Crippen molar-refractivity contribution < 1.29 is 22.6 Å². The van der Waals surface area contributed by atoms with Crippen LogP contribution in [0.2, 0.25) is 0 Å². The fourth-order valence-electron chi connectivity index (χ4n) is 3.46. The Morgan fingerprint density at radius 2 is 1.40 bits per heavy atom. The molecule has 0 fully saturated rings. The summed E-state index contributed by atoms with van der Waals surface area (Å²) >= 11 is 0. The summed E-state index contributed by atoms with van der Waals surface area (Å²) in [6, 6.07) is 14.5. The van der Waals surface area contributed by atoms with Gasteiger partial charge in [-0.15, -0.1) is 0 Å². The van der Waals surface area contributed by atoms with E-state index in [-0.39, 0.29) is 57.5 Å². The van der Waals surface area contributed by atoms with Crippen LogP contribution < -0.4 is 11.1 Å². The van der Waals surface area contributed by atoms with Gasteiger partial charge in [0, 0.05) is 46.4 Å². The Balaban J connectivity index is 0.00000256. The van der Waals surface area contributed by atoms with Crippen LogP contribution in [0.25, 0.3) is 0 Å². The molecular formula is C21H16N2NaO5S. The van der Waals surface area contributed by atoms with E-state index in [0.29, 0.717) is 5.69 Å². The minimum Gasteiger partial charge on any atom is -0.397 e. The summed E-state index contributed by atoms with van der Waals surface area (Å²) < 4.78 is 33.4. The molecule has 4 rings (SSSR count). The molecule has 1 aliphatic carbocycles. The van der Waals surface area contributed by atoms with Gasteiger partial charge >= 0.3 is 0 Å². The van der Waals surface area contributed by atoms with Crippen LogP contribution in [0.4, 0.5) is 17.1 Å². The molecule has 0 unspecified atom stereocenters. The predicted octanol–water partition coefficient (Wildman–Crippen LogP) is 2.96. The number of rotatable bonds is 3. The molecule has 9 heteroatoms. The Kier molecular flexibility index (Phi) is 5.90. The summed E-state index contributed by atoms with van der Waals surface area (Å²) in [5.41, 5.74) is 7.09. The van der Waals surface area contributed by atoms with Crippen LogP contribution in [0.1, 0.15) is 37.4 Å². The van der Waals surface area contributed by atoms with Crippen LogP contribution in [0, 0.1) is 6.92 Å². The van der Waals surface area contributed by atoms with E-state index in [0.717, 1.165) is 11.6 Å². The number of carbonyl (C=O) groups is 2. The van der Waals surface area contributed by atoms with Crippen LogP contribution in [-0.2, 0) is 10.1 Å². The number of aryl methyl sites for hydroxylation is 1. The largest absolute Gasteiger partial charge is 0.397 e. The second-order valence-electron chi connectivity index (χ2n) is 6.70. The topological polar surface area (TPSA) is 127 Å². The molecule has 1 aliphatic rings. The van der Waals surface area contributed by atoms with Gasteiger partial charge in [0.05, 0.1) is 22.5 Å². The Labute approximate surface area is 195 Å². The molecule has 7 nitrogen and oxygen atoms in total. The first-order valence-electron chi connectivity index (χ1n) is 8.65. The van der Waals surface area contributed by atoms with Crippen molar-refractivity contribution in [3.63, 3.8) is 0 Å². The average molecular weight is 431 g/mol. The second-order valence-corrected chi connectivity index (χ2v) is 8.09. The van der Waals surface area contributed by atoms with E-state index in [2.05, 4.69) is 5.32 Å². The first-order chi connectivity index (χ1) is 13.7. The van der Waals surface area contributed by atoms with Crippen LogP contribution in [0.5, 0.6) is 0 Å². The molecule has 1 radical (unpaired) electrons. The maximum Gasteiger partial charge on any atom is 0.296 e. The molecule has 3 aromatic rings. The molecule has 0 bridgehead atoms. The molecule has 0 amide bonds. The summed E-state index contributed by atoms with van der Waals surface area (Å²) in [4.78, 5) is 25.7. The van der Waals surface area contributed by atoms with Crippen molar-refractivity contribution in [3.05, 3.63) is 82.4 Å². The normalized spacial score (nSPS) is 12.6. The zero-order valence-corrected chi connectivity index (χ0v) is 19.1. The molecule has 0 saturated heterocycles. The van der Waals surface area contributed by atoms with Crippen molar-refractivity contribution in [3.8, 4) is 0 Å². The van der Waals surface area contributed by atoms with E-state index in [4.69, 9.17) is 5.73 Å². The molecule has 147 valence electrons. The number of nitrogens with two attached hydrogens (primary N) is 1. The molecule has 0 saturated carbocycles. The van der Waals surface area contributed by atoms with Crippen molar-refractivity contribution >= 4 is 68.3 Å². The molecule has 3 aromatic carbocycles. The Morgan fingerprint density at radius 3 is 1.97 bits per heavy atom. The van der Waals surface area contributed by atoms with Crippen LogP contribution in [-0.4, -0.2) is 54.1 Å². The van der Waals surface area contributed by atoms with Gasteiger partial charge in [-0.3, -0.25) is 14.1 Å². The third-order valence-electron chi connectivity index (χ3n) is 4.89. The van der Waals surface area contributed by atoms with Crippen molar-refractivity contribution in [1.29, 1.82) is 0 Å². The zero-order chi connectivity index (χ0) is 20.9. The quantitative estimate of drug-likeness (QED) is 0.259. The van der Waals surface area contributed by atoms with Gasteiger partial charge in [0.15, 0.2) is 11.6 Å². The van der Waals surface area contributed by atoms with Gasteiger partial charge in [-0.1, -0.05) is 42.5 Å². The number of fused-ring (bicyclic) bond motifs is 2. The van der Waals surface area contributed by atoms with Gasteiger partial charge in [-0.05, 0) is 24.6 Å². The molecule has 0 aromatic heterocycles. The summed E-state index contributed by atoms with van der Waals surface area (Å²) in [6.45, 7) is 1.83. The van der Waals surface area contributed by atoms with Gasteiger partial charge in [0.2, 0.25) is 0 Å². The summed E-state index contributed by atoms with van der Waals surface area (Å²) in [5, 5.41) is 3.02. The van der Waals surface area contributed by atoms with Crippen LogP contribution in [0.3, 0.4) is 0 Å². The Hall–Kier alpha value is -2.49. The Morgan fingerprint density at radius 1 is 0.867 bits per heavy atom. The number of ketones is 2. The fourth-order valence-corrected chi connectivity index (χ4v) is 4.11. The first kappa shape index (κ1) is 22.2. The van der Waals surface area contributed by atoms with Gasteiger partial charge in [0.25, 0.3) is 10.1 Å². The number of nitrogens with one attached hydrogen (secondary N) is 1. The third kappa shape index (κ3) is 3.57. The minimum absolute atomic E-state index is 0. The van der Waals surface area contributed by atoms with Gasteiger partial charge in [-0.2, -0.15) is 8.42 Å². The van der Waals surface area contributed by atoms with Gasteiger partial charge < -0.3 is 11.1 Å². The smallest absolute Gasteiger partial charge is 0.296 e. The van der Waals surface area contributed by atoms with Crippen molar-refractivity contribution in [2.24, 2.45) is 0 Å². The number of carbonyl (C=O) groups excluding carboxylic acids is 2. The summed E-state index contributed by atoms with van der Waals surface area (Å²) in [7, 11) is -4.74. The van der Waals surface area contributed by atoms with E-state index in [9.17, 15) is 22.6 Å². The second kappa shape index (κ2) is 7.98. The van der Waals surface area contributed by atoms with Gasteiger partial charge in [0.1, 0.15) is 4.90 Å². The number of anilines is 3. The molecule has 0 atom stereocenters. The predicted molar refractivity (Wildman–Crippen MR) is 114 cm³/mol. The monoisotopic (exact) mass is 431 g/mol. The fraction of sp³-hybridized carbons (Fsp3) is 0.0476. The van der Waals surface area contributed by atoms with E-state index < -0.39 is 32.3 Å². The van der Waals surface area contributed by atoms with E-state index >= 15 is 0 Å². The number of para-hydroxylation sites is 1. The molecule has 0 spiro atoms. The number of benzene rings is 3. The number of nitrogen functional groups attached to an aromatic ring is 1. The molecule has 30 heavy (non-hydrogen) atoms. The maximum absolute atomic E-state index is 13.2. The van der Waals surface area contributed by atoms with Crippen molar-refractivity contribution in [1.82, 2.24) is 0 Å². The molecule has 4 N–H and O–H groups in total. The maximum atomic E-state index is 13.2. The zero-order valence-electron chi connectivity index (χ0n) is 16.3. The Bertz CT molecular complexity index is 1320. The third-order valence-corrected chi connectivity index (χ3v) is 5.79. The van der Waals surface area contributed by atoms with E-state index in [1.807, 2.05) is 19.1 Å². The molecular weight excluding hydrogens is 415 g/mol. The average Bonchev–Trinajstić information content (AvgIpc) is 2.68. The van der Waals surface area contributed by atoms with Crippen molar-refractivity contribution in [2.45, 2.75) is 11.8 Å². The number of hydrogen-bond donors (Lipinski definition) is 3.